The van der Waals surface area contributed by atoms with Gasteiger partial charge in [0.15, 0.2) is 0 Å². The Hall–Kier alpha value is -0.940. The van der Waals surface area contributed by atoms with Gasteiger partial charge in [0.1, 0.15) is 0 Å². The Morgan fingerprint density at radius 3 is 2.36 bits per heavy atom. The maximum atomic E-state index is 11.5. The fraction of sp³-hybridized carbons (Fsp3) is 0.778. The quantitative estimate of drug-likeness (QED) is 0.461. The third-order valence-electron chi connectivity index (χ3n) is 2.22. The summed E-state index contributed by atoms with van der Waals surface area (Å²) < 4.78 is 0. The van der Waals surface area contributed by atoms with Gasteiger partial charge in [-0.15, -0.1) is 0 Å². The smallest absolute Gasteiger partial charge is 0.243 e. The second-order valence-corrected chi connectivity index (χ2v) is 3.57. The highest BCUT2D eigenvalue weighted by atomic mass is 16.2. The number of amides is 2. The predicted molar refractivity (Wildman–Crippen MR) is 52.8 cm³/mol. The van der Waals surface area contributed by atoms with Gasteiger partial charge < -0.3 is 5.32 Å². The summed E-state index contributed by atoms with van der Waals surface area (Å²) >= 11 is 0. The van der Waals surface area contributed by atoms with E-state index >= 15 is 0 Å². The van der Waals surface area contributed by atoms with E-state index in [0.29, 0.717) is 19.6 Å². The van der Waals surface area contributed by atoms with Crippen molar-refractivity contribution in [1.29, 1.82) is 0 Å². The Kier molecular flexibility index (Phi) is 4.03. The fourth-order valence-corrected chi connectivity index (χ4v) is 1.49. The minimum Gasteiger partial charge on any atom is -0.320 e. The molecule has 80 valence electrons. The molecule has 1 fully saturated rings. The molecule has 0 aromatic carbocycles. The summed E-state index contributed by atoms with van der Waals surface area (Å²) in [5.41, 5.74) is 0. The second kappa shape index (κ2) is 5.07. The van der Waals surface area contributed by atoms with Crippen LogP contribution in [-0.2, 0) is 9.59 Å². The highest BCUT2D eigenvalue weighted by molar-refractivity contribution is 5.99. The third-order valence-corrected chi connectivity index (χ3v) is 2.22. The number of piperazine rings is 1. The van der Waals surface area contributed by atoms with E-state index in [1.54, 1.807) is 11.9 Å². The normalized spacial score (nSPS) is 19.1. The fourth-order valence-electron chi connectivity index (χ4n) is 1.49. The zero-order valence-electron chi connectivity index (χ0n) is 8.75. The molecular weight excluding hydrogens is 182 g/mol. The van der Waals surface area contributed by atoms with Crippen LogP contribution in [0.25, 0.3) is 0 Å². The van der Waals surface area contributed by atoms with Gasteiger partial charge in [-0.2, -0.15) is 0 Å². The molecule has 5 nitrogen and oxygen atoms in total. The predicted octanol–water partition coefficient (Wildman–Crippen LogP) is -1.10. The molecule has 1 aliphatic heterocycles. The van der Waals surface area contributed by atoms with Crippen LogP contribution < -0.4 is 5.32 Å². The first-order valence-electron chi connectivity index (χ1n) is 4.81. The lowest BCUT2D eigenvalue weighted by molar-refractivity contribution is -0.150. The SMILES string of the molecule is CNCCCN1C(=O)CN(C)CC1=O. The van der Waals surface area contributed by atoms with Gasteiger partial charge >= 0.3 is 0 Å². The Morgan fingerprint density at radius 1 is 1.29 bits per heavy atom. The molecule has 0 atom stereocenters. The van der Waals surface area contributed by atoms with E-state index in [0.717, 1.165) is 13.0 Å². The molecule has 5 heteroatoms. The summed E-state index contributed by atoms with van der Waals surface area (Å²) in [4.78, 5) is 26.0. The van der Waals surface area contributed by atoms with Crippen molar-refractivity contribution in [3.05, 3.63) is 0 Å². The molecule has 0 bridgehead atoms. The highest BCUT2D eigenvalue weighted by Crippen LogP contribution is 2.03. The van der Waals surface area contributed by atoms with Crippen LogP contribution >= 0.6 is 0 Å². The van der Waals surface area contributed by atoms with Crippen molar-refractivity contribution >= 4 is 11.8 Å². The molecule has 1 saturated heterocycles. The van der Waals surface area contributed by atoms with Crippen molar-refractivity contribution in [3.8, 4) is 0 Å². The van der Waals surface area contributed by atoms with E-state index in [4.69, 9.17) is 0 Å². The van der Waals surface area contributed by atoms with Crippen molar-refractivity contribution < 1.29 is 9.59 Å². The van der Waals surface area contributed by atoms with Gasteiger partial charge in [0.2, 0.25) is 11.8 Å². The average Bonchev–Trinajstić information content (AvgIpc) is 2.09. The standard InChI is InChI=1S/C9H17N3O2/c1-10-4-3-5-12-8(13)6-11(2)7-9(12)14/h10H,3-7H2,1-2H3. The minimum absolute atomic E-state index is 0.0835. The molecule has 2 amide bonds. The summed E-state index contributed by atoms with van der Waals surface area (Å²) in [5.74, 6) is -0.167. The number of hydrogen-bond donors (Lipinski definition) is 1. The van der Waals surface area contributed by atoms with E-state index in [1.165, 1.54) is 4.90 Å². The summed E-state index contributed by atoms with van der Waals surface area (Å²) in [7, 11) is 3.63. The van der Waals surface area contributed by atoms with Gasteiger partial charge in [0.25, 0.3) is 0 Å². The summed E-state index contributed by atoms with van der Waals surface area (Å²) in [6.45, 7) is 2.07. The van der Waals surface area contributed by atoms with E-state index in [-0.39, 0.29) is 11.8 Å². The number of imide groups is 1. The topological polar surface area (TPSA) is 52.7 Å². The van der Waals surface area contributed by atoms with Crippen LogP contribution in [0.4, 0.5) is 0 Å². The summed E-state index contributed by atoms with van der Waals surface area (Å²) in [6.07, 6.45) is 0.817. The molecule has 0 aromatic rings. The number of hydrogen-bond acceptors (Lipinski definition) is 4. The first-order valence-corrected chi connectivity index (χ1v) is 4.81. The first-order chi connectivity index (χ1) is 6.65. The molecule has 1 rings (SSSR count). The van der Waals surface area contributed by atoms with Gasteiger partial charge in [0, 0.05) is 6.54 Å². The molecule has 1 N–H and O–H groups in total. The largest absolute Gasteiger partial charge is 0.320 e. The molecule has 0 aromatic heterocycles. The van der Waals surface area contributed by atoms with Crippen molar-refractivity contribution in [2.24, 2.45) is 0 Å². The van der Waals surface area contributed by atoms with Crippen molar-refractivity contribution in [2.45, 2.75) is 6.42 Å². The maximum absolute atomic E-state index is 11.5. The molecule has 0 saturated carbocycles. The summed E-state index contributed by atoms with van der Waals surface area (Å²) in [6, 6.07) is 0. The second-order valence-electron chi connectivity index (χ2n) is 3.57. The van der Waals surface area contributed by atoms with Crippen molar-refractivity contribution in [1.82, 2.24) is 15.1 Å². The Balaban J connectivity index is 2.42. The lowest BCUT2D eigenvalue weighted by Gasteiger charge is -2.30. The van der Waals surface area contributed by atoms with E-state index in [9.17, 15) is 9.59 Å². The molecule has 14 heavy (non-hydrogen) atoms. The molecule has 0 spiro atoms. The van der Waals surface area contributed by atoms with Crippen LogP contribution in [0.15, 0.2) is 0 Å². The van der Waals surface area contributed by atoms with Crippen LogP contribution in [-0.4, -0.2) is 61.9 Å². The Morgan fingerprint density at radius 2 is 1.86 bits per heavy atom. The average molecular weight is 199 g/mol. The molecule has 1 aliphatic rings. The van der Waals surface area contributed by atoms with Gasteiger partial charge in [-0.05, 0) is 27.1 Å². The van der Waals surface area contributed by atoms with Crippen molar-refractivity contribution in [2.75, 3.05) is 40.3 Å². The zero-order valence-corrected chi connectivity index (χ0v) is 8.75. The number of carbonyl (C=O) groups excluding carboxylic acids is 2. The zero-order chi connectivity index (χ0) is 10.6. The van der Waals surface area contributed by atoms with Gasteiger partial charge in [0.05, 0.1) is 13.1 Å². The third kappa shape index (κ3) is 2.78. The maximum Gasteiger partial charge on any atom is 0.243 e. The van der Waals surface area contributed by atoms with E-state index in [2.05, 4.69) is 5.32 Å². The molecular formula is C9H17N3O2. The lowest BCUT2D eigenvalue weighted by atomic mass is 10.3. The first kappa shape index (κ1) is 11.1. The van der Waals surface area contributed by atoms with Crippen LogP contribution in [0.2, 0.25) is 0 Å². The number of rotatable bonds is 4. The molecule has 0 unspecified atom stereocenters. The van der Waals surface area contributed by atoms with Crippen LogP contribution in [0.5, 0.6) is 0 Å². The van der Waals surface area contributed by atoms with Gasteiger partial charge in [-0.1, -0.05) is 0 Å². The minimum atomic E-state index is -0.0835. The molecule has 0 radical (unpaired) electrons. The number of nitrogens with zero attached hydrogens (tertiary/aromatic N) is 2. The summed E-state index contributed by atoms with van der Waals surface area (Å²) in [5, 5.41) is 2.99. The Labute approximate surface area is 84.0 Å². The van der Waals surface area contributed by atoms with Gasteiger partial charge in [-0.3, -0.25) is 19.4 Å². The van der Waals surface area contributed by atoms with Crippen LogP contribution in [0.1, 0.15) is 6.42 Å². The lowest BCUT2D eigenvalue weighted by Crippen LogP contribution is -2.53. The van der Waals surface area contributed by atoms with Crippen LogP contribution in [0, 0.1) is 0 Å². The molecule has 0 aliphatic carbocycles. The van der Waals surface area contributed by atoms with E-state index < -0.39 is 0 Å². The van der Waals surface area contributed by atoms with Crippen LogP contribution in [0.3, 0.4) is 0 Å². The van der Waals surface area contributed by atoms with Gasteiger partial charge in [-0.25, -0.2) is 0 Å². The number of likely N-dealkylation sites (N-methyl/N-ethyl adjacent to an activating group) is 1. The number of nitrogens with one attached hydrogen (secondary N) is 1. The monoisotopic (exact) mass is 199 g/mol. The Bertz CT molecular complexity index is 212. The van der Waals surface area contributed by atoms with E-state index in [1.807, 2.05) is 7.05 Å². The van der Waals surface area contributed by atoms with Crippen molar-refractivity contribution in [3.63, 3.8) is 0 Å². The highest BCUT2D eigenvalue weighted by Gasteiger charge is 2.28. The number of carbonyl (C=O) groups is 2. The molecule has 1 heterocycles.